The number of rotatable bonds is 10. The summed E-state index contributed by atoms with van der Waals surface area (Å²) in [5, 5.41) is 6.41. The lowest BCUT2D eigenvalue weighted by molar-refractivity contribution is -0.131. The molecule has 0 radical (unpaired) electrons. The molecule has 0 aliphatic carbocycles. The number of ether oxygens (including phenoxy) is 3. The summed E-state index contributed by atoms with van der Waals surface area (Å²) >= 11 is 0. The van der Waals surface area contributed by atoms with Gasteiger partial charge in [-0.15, -0.1) is 0 Å². The van der Waals surface area contributed by atoms with Crippen LogP contribution in [-0.2, 0) is 16.1 Å². The average Bonchev–Trinajstić information content (AvgIpc) is 3.08. The van der Waals surface area contributed by atoms with Gasteiger partial charge in [0, 0.05) is 13.2 Å². The maximum absolute atomic E-state index is 12.0. The van der Waals surface area contributed by atoms with Crippen LogP contribution in [-0.4, -0.2) is 37.1 Å². The fourth-order valence-electron chi connectivity index (χ4n) is 1.97. The van der Waals surface area contributed by atoms with Gasteiger partial charge < -0.3 is 24.1 Å². The second kappa shape index (κ2) is 9.69. The molecule has 1 amide bonds. The van der Waals surface area contributed by atoms with Crippen molar-refractivity contribution < 1.29 is 23.5 Å². The van der Waals surface area contributed by atoms with Crippen LogP contribution in [0.3, 0.4) is 0 Å². The number of benzene rings is 1. The van der Waals surface area contributed by atoms with Gasteiger partial charge in [0.25, 0.3) is 11.8 Å². The quantitative estimate of drug-likeness (QED) is 0.672. The Balaban J connectivity index is 1.82. The molecule has 1 heterocycles. The highest BCUT2D eigenvalue weighted by molar-refractivity contribution is 5.91. The standard InChI is InChI=1S/C17H22N2O5/c1-3-21-16(22-4-2)11-18-17(20)14-10-15(19-24-14)23-12-13-8-6-5-7-9-13/h5-10,16H,3-4,11-12H2,1-2H3,(H,18,20). The second-order valence-electron chi connectivity index (χ2n) is 4.85. The van der Waals surface area contributed by atoms with E-state index in [9.17, 15) is 4.79 Å². The Kier molecular flexibility index (Phi) is 7.25. The highest BCUT2D eigenvalue weighted by atomic mass is 16.7. The van der Waals surface area contributed by atoms with Crippen molar-refractivity contribution in [2.45, 2.75) is 26.7 Å². The zero-order valence-electron chi connectivity index (χ0n) is 13.9. The largest absolute Gasteiger partial charge is 0.471 e. The minimum Gasteiger partial charge on any atom is -0.471 e. The van der Waals surface area contributed by atoms with Crippen molar-refractivity contribution in [3.8, 4) is 5.88 Å². The summed E-state index contributed by atoms with van der Waals surface area (Å²) in [6.07, 6.45) is -0.485. The molecule has 0 bridgehead atoms. The van der Waals surface area contributed by atoms with Gasteiger partial charge in [0.05, 0.1) is 12.6 Å². The van der Waals surface area contributed by atoms with Crippen molar-refractivity contribution >= 4 is 5.91 Å². The van der Waals surface area contributed by atoms with E-state index in [1.807, 2.05) is 44.2 Å². The van der Waals surface area contributed by atoms with Crippen LogP contribution >= 0.6 is 0 Å². The summed E-state index contributed by atoms with van der Waals surface area (Å²) in [5.74, 6) is -0.0681. The van der Waals surface area contributed by atoms with E-state index in [2.05, 4.69) is 10.5 Å². The first kappa shape index (κ1) is 18.0. The van der Waals surface area contributed by atoms with Crippen LogP contribution in [0.25, 0.3) is 0 Å². The number of carbonyl (C=O) groups is 1. The van der Waals surface area contributed by atoms with E-state index in [1.165, 1.54) is 6.07 Å². The monoisotopic (exact) mass is 334 g/mol. The number of aromatic nitrogens is 1. The molecule has 0 aliphatic rings. The maximum Gasteiger partial charge on any atom is 0.290 e. The van der Waals surface area contributed by atoms with Gasteiger partial charge >= 0.3 is 0 Å². The third-order valence-electron chi connectivity index (χ3n) is 3.08. The lowest BCUT2D eigenvalue weighted by atomic mass is 10.2. The van der Waals surface area contributed by atoms with Gasteiger partial charge in [0.1, 0.15) is 6.61 Å². The molecular weight excluding hydrogens is 312 g/mol. The second-order valence-corrected chi connectivity index (χ2v) is 4.85. The predicted octanol–water partition coefficient (Wildman–Crippen LogP) is 2.38. The number of carbonyl (C=O) groups excluding carboxylic acids is 1. The zero-order chi connectivity index (χ0) is 17.2. The van der Waals surface area contributed by atoms with Gasteiger partial charge in [-0.05, 0) is 24.6 Å². The molecule has 1 aromatic carbocycles. The lowest BCUT2D eigenvalue weighted by Crippen LogP contribution is -2.35. The van der Waals surface area contributed by atoms with Gasteiger partial charge in [-0.25, -0.2) is 0 Å². The third-order valence-corrected chi connectivity index (χ3v) is 3.08. The van der Waals surface area contributed by atoms with E-state index in [-0.39, 0.29) is 18.2 Å². The molecule has 0 saturated heterocycles. The number of nitrogens with one attached hydrogen (secondary N) is 1. The summed E-state index contributed by atoms with van der Waals surface area (Å²) in [4.78, 5) is 12.0. The molecule has 1 N–H and O–H groups in total. The molecule has 24 heavy (non-hydrogen) atoms. The molecule has 0 unspecified atom stereocenters. The zero-order valence-corrected chi connectivity index (χ0v) is 13.9. The van der Waals surface area contributed by atoms with Crippen LogP contribution in [0.5, 0.6) is 5.88 Å². The Morgan fingerprint density at radius 2 is 1.92 bits per heavy atom. The highest BCUT2D eigenvalue weighted by Gasteiger charge is 2.16. The first-order valence-electron chi connectivity index (χ1n) is 7.87. The van der Waals surface area contributed by atoms with Crippen LogP contribution in [0.4, 0.5) is 0 Å². The number of nitrogens with zero attached hydrogens (tertiary/aromatic N) is 1. The molecule has 2 aromatic rings. The Bertz CT molecular complexity index is 608. The van der Waals surface area contributed by atoms with Crippen molar-refractivity contribution in [2.24, 2.45) is 0 Å². The van der Waals surface area contributed by atoms with Crippen molar-refractivity contribution in [1.29, 1.82) is 0 Å². The average molecular weight is 334 g/mol. The number of hydrogen-bond acceptors (Lipinski definition) is 6. The fourth-order valence-corrected chi connectivity index (χ4v) is 1.97. The lowest BCUT2D eigenvalue weighted by Gasteiger charge is -2.16. The van der Waals surface area contributed by atoms with Gasteiger partial charge in [-0.2, -0.15) is 0 Å². The molecule has 0 saturated carbocycles. The van der Waals surface area contributed by atoms with Gasteiger partial charge in [-0.1, -0.05) is 30.3 Å². The summed E-state index contributed by atoms with van der Waals surface area (Å²) in [5.41, 5.74) is 1.00. The molecular formula is C17H22N2O5. The smallest absolute Gasteiger partial charge is 0.290 e. The molecule has 1 aromatic heterocycles. The van der Waals surface area contributed by atoms with E-state index >= 15 is 0 Å². The maximum atomic E-state index is 12.0. The first-order chi connectivity index (χ1) is 11.7. The summed E-state index contributed by atoms with van der Waals surface area (Å²) < 4.78 is 21.2. The van der Waals surface area contributed by atoms with E-state index in [4.69, 9.17) is 18.7 Å². The summed E-state index contributed by atoms with van der Waals surface area (Å²) in [7, 11) is 0. The third kappa shape index (κ3) is 5.68. The van der Waals surface area contributed by atoms with Gasteiger partial charge in [0.2, 0.25) is 5.76 Å². The van der Waals surface area contributed by atoms with Gasteiger partial charge in [-0.3, -0.25) is 4.79 Å². The molecule has 0 fully saturated rings. The van der Waals surface area contributed by atoms with Crippen LogP contribution < -0.4 is 10.1 Å². The van der Waals surface area contributed by atoms with Crippen molar-refractivity contribution in [3.05, 3.63) is 47.7 Å². The molecule has 7 heteroatoms. The number of amides is 1. The Hall–Kier alpha value is -2.38. The van der Waals surface area contributed by atoms with E-state index in [1.54, 1.807) is 0 Å². The molecule has 7 nitrogen and oxygen atoms in total. The Labute approximate surface area is 140 Å². The Morgan fingerprint density at radius 3 is 2.58 bits per heavy atom. The molecule has 0 atom stereocenters. The normalized spacial score (nSPS) is 10.8. The summed E-state index contributed by atoms with van der Waals surface area (Å²) in [6, 6.07) is 11.1. The van der Waals surface area contributed by atoms with E-state index in [0.29, 0.717) is 19.8 Å². The molecule has 130 valence electrons. The minimum absolute atomic E-state index is 0.0739. The van der Waals surface area contributed by atoms with Crippen LogP contribution in [0, 0.1) is 0 Å². The van der Waals surface area contributed by atoms with Crippen molar-refractivity contribution in [1.82, 2.24) is 10.5 Å². The minimum atomic E-state index is -0.485. The first-order valence-corrected chi connectivity index (χ1v) is 7.87. The van der Waals surface area contributed by atoms with Crippen molar-refractivity contribution in [2.75, 3.05) is 19.8 Å². The van der Waals surface area contributed by atoms with Gasteiger partial charge in [0.15, 0.2) is 6.29 Å². The molecule has 0 spiro atoms. The topological polar surface area (TPSA) is 82.8 Å². The predicted molar refractivity (Wildman–Crippen MR) is 86.7 cm³/mol. The Morgan fingerprint density at radius 1 is 1.21 bits per heavy atom. The van der Waals surface area contributed by atoms with E-state index in [0.717, 1.165) is 5.56 Å². The molecule has 0 aliphatic heterocycles. The van der Waals surface area contributed by atoms with Crippen LogP contribution in [0.1, 0.15) is 30.0 Å². The fraction of sp³-hybridized carbons (Fsp3) is 0.412. The summed E-state index contributed by atoms with van der Waals surface area (Å²) in [6.45, 7) is 5.30. The van der Waals surface area contributed by atoms with Crippen LogP contribution in [0.2, 0.25) is 0 Å². The van der Waals surface area contributed by atoms with Crippen molar-refractivity contribution in [3.63, 3.8) is 0 Å². The van der Waals surface area contributed by atoms with E-state index < -0.39 is 12.2 Å². The SMILES string of the molecule is CCOC(CNC(=O)c1cc(OCc2ccccc2)no1)OCC. The van der Waals surface area contributed by atoms with Crippen LogP contribution in [0.15, 0.2) is 40.9 Å². The molecule has 2 rings (SSSR count). The number of hydrogen-bond donors (Lipinski definition) is 1. The highest BCUT2D eigenvalue weighted by Crippen LogP contribution is 2.13.